The monoisotopic (exact) mass is 388 g/mol. The maximum Gasteiger partial charge on any atom is 0.275 e. The molecular weight excluding hydrogens is 372 g/mol. The lowest BCUT2D eigenvalue weighted by Crippen LogP contribution is -2.13. The van der Waals surface area contributed by atoms with E-state index in [0.29, 0.717) is 22.8 Å². The second kappa shape index (κ2) is 7.58. The van der Waals surface area contributed by atoms with Crippen molar-refractivity contribution in [3.8, 4) is 10.6 Å². The van der Waals surface area contributed by atoms with Gasteiger partial charge >= 0.3 is 0 Å². The first kappa shape index (κ1) is 17.8. The number of aromatic nitrogens is 3. The van der Waals surface area contributed by atoms with Crippen LogP contribution in [0.1, 0.15) is 26.7 Å². The molecular formula is C21H16N4O2S. The highest BCUT2D eigenvalue weighted by Crippen LogP contribution is 2.24. The molecule has 7 heteroatoms. The highest BCUT2D eigenvalue weighted by Gasteiger charge is 2.15. The summed E-state index contributed by atoms with van der Waals surface area (Å²) in [6, 6.07) is 16.4. The second-order valence-electron chi connectivity index (χ2n) is 6.13. The maximum absolute atomic E-state index is 12.5. The number of ketones is 1. The molecule has 2 heterocycles. The Morgan fingerprint density at radius 3 is 2.46 bits per heavy atom. The maximum atomic E-state index is 12.5. The number of hydrogen-bond acceptors (Lipinski definition) is 5. The molecule has 28 heavy (non-hydrogen) atoms. The van der Waals surface area contributed by atoms with Crippen LogP contribution in [-0.4, -0.2) is 26.2 Å². The van der Waals surface area contributed by atoms with Crippen LogP contribution in [0.3, 0.4) is 0 Å². The Labute approximate surface area is 165 Å². The Kier molecular flexibility index (Phi) is 4.82. The minimum atomic E-state index is -0.290. The summed E-state index contributed by atoms with van der Waals surface area (Å²) in [5, 5.41) is 5.33. The van der Waals surface area contributed by atoms with Crippen LogP contribution in [0.5, 0.6) is 0 Å². The van der Waals surface area contributed by atoms with E-state index in [2.05, 4.69) is 15.3 Å². The van der Waals surface area contributed by atoms with Crippen molar-refractivity contribution in [1.29, 1.82) is 0 Å². The van der Waals surface area contributed by atoms with E-state index in [1.807, 2.05) is 30.3 Å². The lowest BCUT2D eigenvalue weighted by molar-refractivity contribution is 0.101. The zero-order chi connectivity index (χ0) is 19.5. The van der Waals surface area contributed by atoms with Crippen molar-refractivity contribution in [3.63, 3.8) is 0 Å². The molecule has 0 atom stereocenters. The van der Waals surface area contributed by atoms with Crippen molar-refractivity contribution < 1.29 is 9.59 Å². The van der Waals surface area contributed by atoms with E-state index >= 15 is 0 Å². The van der Waals surface area contributed by atoms with Gasteiger partial charge in [-0.1, -0.05) is 30.3 Å². The van der Waals surface area contributed by atoms with Gasteiger partial charge in [-0.15, -0.1) is 11.3 Å². The molecule has 0 unspecified atom stereocenters. The fourth-order valence-electron chi connectivity index (χ4n) is 2.70. The van der Waals surface area contributed by atoms with Crippen molar-refractivity contribution in [2.45, 2.75) is 0 Å². The largest absolute Gasteiger partial charge is 0.331 e. The van der Waals surface area contributed by atoms with Gasteiger partial charge in [-0.3, -0.25) is 9.59 Å². The van der Waals surface area contributed by atoms with Gasteiger partial charge in [-0.25, -0.2) is 9.97 Å². The van der Waals surface area contributed by atoms with Gasteiger partial charge in [0, 0.05) is 41.6 Å². The molecule has 4 aromatic rings. The van der Waals surface area contributed by atoms with Crippen LogP contribution in [0.15, 0.2) is 72.4 Å². The van der Waals surface area contributed by atoms with Gasteiger partial charge in [0.1, 0.15) is 10.7 Å². The first-order chi connectivity index (χ1) is 13.6. The lowest BCUT2D eigenvalue weighted by atomic mass is 10.1. The highest BCUT2D eigenvalue weighted by atomic mass is 32.1. The van der Waals surface area contributed by atoms with E-state index in [4.69, 9.17) is 0 Å². The van der Waals surface area contributed by atoms with Crippen LogP contribution < -0.4 is 5.32 Å². The van der Waals surface area contributed by atoms with Crippen molar-refractivity contribution in [2.75, 3.05) is 5.32 Å². The molecule has 0 aliphatic rings. The molecule has 4 rings (SSSR count). The Morgan fingerprint density at radius 1 is 1.04 bits per heavy atom. The molecule has 138 valence electrons. The third-order valence-electron chi connectivity index (χ3n) is 4.19. The quantitative estimate of drug-likeness (QED) is 0.524. The number of carbonyl (C=O) groups excluding carboxylic acids is 2. The van der Waals surface area contributed by atoms with Gasteiger partial charge < -0.3 is 9.88 Å². The zero-order valence-electron chi connectivity index (χ0n) is 15.0. The summed E-state index contributed by atoms with van der Waals surface area (Å²) in [4.78, 5) is 33.4. The molecule has 1 N–H and O–H groups in total. The molecule has 0 saturated heterocycles. The lowest BCUT2D eigenvalue weighted by Gasteiger charge is -2.05. The van der Waals surface area contributed by atoms with Crippen LogP contribution in [-0.2, 0) is 7.05 Å². The Hall–Kier alpha value is -3.58. The Bertz CT molecular complexity index is 1130. The number of nitrogens with zero attached hydrogens (tertiary/aromatic N) is 3. The van der Waals surface area contributed by atoms with E-state index in [0.717, 1.165) is 10.6 Å². The standard InChI is InChI=1S/C21H16N4O2S/c1-25-12-11-22-19(25)18(26)14-7-9-16(10-8-14)23-20(27)17-13-28-21(24-17)15-5-3-2-4-6-15/h2-13H,1H3,(H,23,27). The average molecular weight is 388 g/mol. The molecule has 0 aliphatic heterocycles. The number of rotatable bonds is 5. The van der Waals surface area contributed by atoms with E-state index < -0.39 is 0 Å². The average Bonchev–Trinajstić information content (AvgIpc) is 3.38. The number of hydrogen-bond donors (Lipinski definition) is 1. The molecule has 2 aromatic carbocycles. The molecule has 0 aliphatic carbocycles. The number of carbonyl (C=O) groups is 2. The summed E-state index contributed by atoms with van der Waals surface area (Å²) in [5.74, 6) is -0.0910. The van der Waals surface area contributed by atoms with Crippen LogP contribution >= 0.6 is 11.3 Å². The minimum Gasteiger partial charge on any atom is -0.331 e. The number of benzene rings is 2. The van der Waals surface area contributed by atoms with Crippen LogP contribution in [0, 0.1) is 0 Å². The SMILES string of the molecule is Cn1ccnc1C(=O)c1ccc(NC(=O)c2csc(-c3ccccc3)n2)cc1. The first-order valence-electron chi connectivity index (χ1n) is 8.56. The molecule has 1 amide bonds. The number of anilines is 1. The van der Waals surface area contributed by atoms with E-state index in [1.165, 1.54) is 11.3 Å². The summed E-state index contributed by atoms with van der Waals surface area (Å²) in [6.45, 7) is 0. The van der Waals surface area contributed by atoms with Gasteiger partial charge in [0.2, 0.25) is 5.78 Å². The van der Waals surface area contributed by atoms with Gasteiger partial charge in [-0.2, -0.15) is 0 Å². The van der Waals surface area contributed by atoms with Crippen molar-refractivity contribution in [1.82, 2.24) is 14.5 Å². The van der Waals surface area contributed by atoms with Crippen LogP contribution in [0.4, 0.5) is 5.69 Å². The summed E-state index contributed by atoms with van der Waals surface area (Å²) < 4.78 is 1.67. The van der Waals surface area contributed by atoms with Gasteiger partial charge in [-0.05, 0) is 24.3 Å². The Morgan fingerprint density at radius 2 is 1.79 bits per heavy atom. The molecule has 0 bridgehead atoms. The molecule has 2 aromatic heterocycles. The normalized spacial score (nSPS) is 10.6. The predicted octanol–water partition coefficient (Wildman–Crippen LogP) is 4.03. The third-order valence-corrected chi connectivity index (χ3v) is 5.08. The third kappa shape index (κ3) is 3.60. The van der Waals surface area contributed by atoms with Crippen molar-refractivity contribution >= 4 is 28.7 Å². The highest BCUT2D eigenvalue weighted by molar-refractivity contribution is 7.13. The van der Waals surface area contributed by atoms with Gasteiger partial charge in [0.25, 0.3) is 5.91 Å². The van der Waals surface area contributed by atoms with E-state index in [1.54, 1.807) is 53.7 Å². The summed E-state index contributed by atoms with van der Waals surface area (Å²) in [5.41, 5.74) is 2.43. The van der Waals surface area contributed by atoms with Gasteiger partial charge in [0.15, 0.2) is 5.82 Å². The molecule has 0 spiro atoms. The van der Waals surface area contributed by atoms with Gasteiger partial charge in [0.05, 0.1) is 0 Å². The van der Waals surface area contributed by atoms with Crippen LogP contribution in [0.25, 0.3) is 10.6 Å². The topological polar surface area (TPSA) is 76.9 Å². The fraction of sp³-hybridized carbons (Fsp3) is 0.0476. The summed E-state index contributed by atoms with van der Waals surface area (Å²) >= 11 is 1.42. The smallest absolute Gasteiger partial charge is 0.275 e. The van der Waals surface area contributed by atoms with Crippen molar-refractivity contribution in [3.05, 3.63) is 89.5 Å². The predicted molar refractivity (Wildman–Crippen MR) is 109 cm³/mol. The number of amides is 1. The summed E-state index contributed by atoms with van der Waals surface area (Å²) in [6.07, 6.45) is 3.30. The number of nitrogens with one attached hydrogen (secondary N) is 1. The molecule has 0 fully saturated rings. The molecule has 0 saturated carbocycles. The number of thiazole rings is 1. The Balaban J connectivity index is 1.46. The molecule has 6 nitrogen and oxygen atoms in total. The number of imidazole rings is 1. The molecule has 0 radical (unpaired) electrons. The first-order valence-corrected chi connectivity index (χ1v) is 9.44. The fourth-order valence-corrected chi connectivity index (χ4v) is 3.51. The van der Waals surface area contributed by atoms with E-state index in [-0.39, 0.29) is 11.7 Å². The second-order valence-corrected chi connectivity index (χ2v) is 6.98. The van der Waals surface area contributed by atoms with Crippen LogP contribution in [0.2, 0.25) is 0 Å². The summed E-state index contributed by atoms with van der Waals surface area (Å²) in [7, 11) is 1.77. The zero-order valence-corrected chi connectivity index (χ0v) is 15.8. The van der Waals surface area contributed by atoms with E-state index in [9.17, 15) is 9.59 Å². The van der Waals surface area contributed by atoms with Crippen molar-refractivity contribution in [2.24, 2.45) is 7.05 Å². The number of aryl methyl sites for hydroxylation is 1. The minimum absolute atomic E-state index is 0.169.